The van der Waals surface area contributed by atoms with Gasteiger partial charge in [0.15, 0.2) is 11.5 Å². The zero-order valence-corrected chi connectivity index (χ0v) is 16.8. The average molecular weight is 443 g/mol. The third-order valence-corrected chi connectivity index (χ3v) is 6.57. The summed E-state index contributed by atoms with van der Waals surface area (Å²) in [6, 6.07) is 9.26. The maximum atomic E-state index is 14.2. The molecule has 2 aliphatic heterocycles. The standard InChI is InChI=1S/C22H18F4N6/c23-14-4-1-12-2-5-17(28-18(12)7-14)21-30-29-19-6-3-13(10-32(19)21)20(22(24,25)26)31-11-15-8-16(31)9-27-15/h1-7,10,15-16,20,27H,8-9,11H2/p+1/t15-,16-,20+/m0/s1. The van der Waals surface area contributed by atoms with E-state index < -0.39 is 18.0 Å². The summed E-state index contributed by atoms with van der Waals surface area (Å²) >= 11 is 0. The van der Waals surface area contributed by atoms with Crippen LogP contribution in [0.5, 0.6) is 0 Å². The van der Waals surface area contributed by atoms with Crippen LogP contribution in [0.1, 0.15) is 18.0 Å². The van der Waals surface area contributed by atoms with E-state index in [9.17, 15) is 17.6 Å². The first-order valence-corrected chi connectivity index (χ1v) is 10.4. The summed E-state index contributed by atoms with van der Waals surface area (Å²) in [5.41, 5.74) is 1.44. The van der Waals surface area contributed by atoms with Crippen LogP contribution in [-0.4, -0.2) is 50.9 Å². The van der Waals surface area contributed by atoms with Crippen LogP contribution in [0.25, 0.3) is 28.1 Å². The third kappa shape index (κ3) is 3.13. The lowest BCUT2D eigenvalue weighted by Crippen LogP contribution is -3.17. The summed E-state index contributed by atoms with van der Waals surface area (Å²) in [6.45, 7) is 1.05. The number of benzene rings is 1. The van der Waals surface area contributed by atoms with Crippen molar-refractivity contribution in [3.63, 3.8) is 0 Å². The smallest absolute Gasteiger partial charge is 0.316 e. The van der Waals surface area contributed by atoms with Crippen molar-refractivity contribution in [2.24, 2.45) is 0 Å². The van der Waals surface area contributed by atoms with Crippen LogP contribution in [0.4, 0.5) is 17.6 Å². The van der Waals surface area contributed by atoms with Gasteiger partial charge >= 0.3 is 6.18 Å². The third-order valence-electron chi connectivity index (χ3n) is 6.57. The van der Waals surface area contributed by atoms with Crippen molar-refractivity contribution in [2.75, 3.05) is 13.1 Å². The van der Waals surface area contributed by atoms with E-state index in [0.29, 0.717) is 40.7 Å². The molecule has 5 heterocycles. The van der Waals surface area contributed by atoms with Crippen molar-refractivity contribution in [3.8, 4) is 11.5 Å². The van der Waals surface area contributed by atoms with Gasteiger partial charge in [0.1, 0.15) is 17.6 Å². The van der Waals surface area contributed by atoms with E-state index in [1.54, 1.807) is 24.3 Å². The monoisotopic (exact) mass is 443 g/mol. The minimum atomic E-state index is -4.39. The van der Waals surface area contributed by atoms with Gasteiger partial charge in [-0.15, -0.1) is 10.2 Å². The lowest BCUT2D eigenvalue weighted by Gasteiger charge is -2.33. The van der Waals surface area contributed by atoms with Gasteiger partial charge in [-0.05, 0) is 30.3 Å². The largest absolute Gasteiger partial charge is 0.445 e. The highest BCUT2D eigenvalue weighted by Gasteiger charge is 2.55. The van der Waals surface area contributed by atoms with Crippen molar-refractivity contribution in [1.29, 1.82) is 0 Å². The molecule has 3 aromatic heterocycles. The molecule has 2 bridgehead atoms. The Bertz CT molecular complexity index is 1330. The normalized spacial score (nSPS) is 23.9. The molecule has 1 unspecified atom stereocenters. The van der Waals surface area contributed by atoms with Gasteiger partial charge in [-0.2, -0.15) is 13.2 Å². The molecule has 2 N–H and O–H groups in total. The summed E-state index contributed by atoms with van der Waals surface area (Å²) in [6.07, 6.45) is -2.16. The van der Waals surface area contributed by atoms with Gasteiger partial charge < -0.3 is 10.2 Å². The fraction of sp³-hybridized carbons (Fsp3) is 0.318. The first kappa shape index (κ1) is 19.6. The number of aromatic nitrogens is 4. The minimum Gasteiger partial charge on any atom is -0.316 e. The second kappa shape index (κ2) is 6.94. The topological polar surface area (TPSA) is 59.5 Å². The summed E-state index contributed by atoms with van der Waals surface area (Å²) in [4.78, 5) is 5.01. The van der Waals surface area contributed by atoms with Crippen molar-refractivity contribution in [3.05, 3.63) is 60.0 Å². The molecular weight excluding hydrogens is 424 g/mol. The van der Waals surface area contributed by atoms with E-state index in [1.807, 2.05) is 0 Å². The van der Waals surface area contributed by atoms with Crippen LogP contribution >= 0.6 is 0 Å². The second-order valence-corrected chi connectivity index (χ2v) is 8.54. The molecule has 0 radical (unpaired) electrons. The molecule has 2 saturated heterocycles. The molecule has 6 nitrogen and oxygen atoms in total. The number of fused-ring (bicyclic) bond motifs is 4. The van der Waals surface area contributed by atoms with Crippen LogP contribution in [-0.2, 0) is 0 Å². The molecule has 10 heteroatoms. The van der Waals surface area contributed by atoms with Gasteiger partial charge in [0.25, 0.3) is 0 Å². The van der Waals surface area contributed by atoms with E-state index in [1.165, 1.54) is 28.8 Å². The van der Waals surface area contributed by atoms with E-state index in [2.05, 4.69) is 20.5 Å². The summed E-state index contributed by atoms with van der Waals surface area (Å²) < 4.78 is 57.8. The van der Waals surface area contributed by atoms with Gasteiger partial charge in [-0.1, -0.05) is 6.07 Å². The van der Waals surface area contributed by atoms with E-state index in [0.717, 1.165) is 11.8 Å². The number of quaternary nitrogens is 1. The number of pyridine rings is 2. The molecular formula is C22H19F4N6+. The summed E-state index contributed by atoms with van der Waals surface area (Å²) in [7, 11) is 0. The molecule has 0 saturated carbocycles. The molecule has 1 aromatic carbocycles. The number of halogens is 4. The molecule has 32 heavy (non-hydrogen) atoms. The Morgan fingerprint density at radius 2 is 1.94 bits per heavy atom. The van der Waals surface area contributed by atoms with Gasteiger partial charge in [0, 0.05) is 36.2 Å². The molecule has 2 fully saturated rings. The van der Waals surface area contributed by atoms with Crippen LogP contribution in [0.2, 0.25) is 0 Å². The SMILES string of the molecule is Fc1ccc2ccc(-c3nnc4ccc([C@@H]([NH+]5C[C@@H]6C[C@H]5CN6)C(F)(F)F)cn34)nc2c1. The van der Waals surface area contributed by atoms with Gasteiger partial charge in [-0.25, -0.2) is 9.37 Å². The zero-order chi connectivity index (χ0) is 22.0. The lowest BCUT2D eigenvalue weighted by molar-refractivity contribution is -0.957. The maximum Gasteiger partial charge on any atom is 0.445 e. The number of alkyl halides is 3. The number of nitrogens with zero attached hydrogens (tertiary/aromatic N) is 4. The number of hydrogen-bond donors (Lipinski definition) is 2. The second-order valence-electron chi connectivity index (χ2n) is 8.54. The average Bonchev–Trinajstić information content (AvgIpc) is 3.48. The summed E-state index contributed by atoms with van der Waals surface area (Å²) in [5.74, 6) is -0.102. The number of hydrogen-bond acceptors (Lipinski definition) is 4. The minimum absolute atomic E-state index is 0.0558. The highest BCUT2D eigenvalue weighted by Crippen LogP contribution is 2.33. The fourth-order valence-corrected chi connectivity index (χ4v) is 5.14. The molecule has 0 aliphatic carbocycles. The predicted octanol–water partition coefficient (Wildman–Crippen LogP) is 2.32. The molecule has 2 aliphatic rings. The Morgan fingerprint density at radius 1 is 1.09 bits per heavy atom. The molecule has 4 atom stereocenters. The molecule has 164 valence electrons. The number of nitrogens with one attached hydrogen (secondary N) is 2. The van der Waals surface area contributed by atoms with Gasteiger partial charge in [0.2, 0.25) is 6.04 Å². The molecule has 6 rings (SSSR count). The van der Waals surface area contributed by atoms with Crippen LogP contribution in [0, 0.1) is 5.82 Å². The lowest BCUT2D eigenvalue weighted by atomic mass is 10.1. The fourth-order valence-electron chi connectivity index (χ4n) is 5.14. The summed E-state index contributed by atoms with van der Waals surface area (Å²) in [5, 5.41) is 12.3. The van der Waals surface area contributed by atoms with Crippen molar-refractivity contribution >= 4 is 16.6 Å². The molecule has 4 aromatic rings. The first-order chi connectivity index (χ1) is 15.4. The van der Waals surface area contributed by atoms with E-state index >= 15 is 0 Å². The van der Waals surface area contributed by atoms with Crippen molar-refractivity contribution in [2.45, 2.75) is 30.7 Å². The van der Waals surface area contributed by atoms with Gasteiger partial charge in [0.05, 0.1) is 18.1 Å². The Kier molecular flexibility index (Phi) is 4.25. The predicted molar refractivity (Wildman–Crippen MR) is 109 cm³/mol. The Balaban J connectivity index is 1.45. The van der Waals surface area contributed by atoms with Crippen LogP contribution in [0.15, 0.2) is 48.7 Å². The number of likely N-dealkylation sites (tertiary alicyclic amines) is 1. The maximum absolute atomic E-state index is 14.2. The van der Waals surface area contributed by atoms with E-state index in [-0.39, 0.29) is 17.6 Å². The van der Waals surface area contributed by atoms with Crippen LogP contribution < -0.4 is 10.2 Å². The molecule has 0 amide bonds. The van der Waals surface area contributed by atoms with Crippen LogP contribution in [0.3, 0.4) is 0 Å². The van der Waals surface area contributed by atoms with Crippen molar-refractivity contribution in [1.82, 2.24) is 24.9 Å². The first-order valence-electron chi connectivity index (χ1n) is 10.4. The number of piperazine rings is 1. The quantitative estimate of drug-likeness (QED) is 0.478. The molecule has 0 spiro atoms. The Hall–Kier alpha value is -3.11. The van der Waals surface area contributed by atoms with Crippen molar-refractivity contribution < 1.29 is 22.5 Å². The zero-order valence-electron chi connectivity index (χ0n) is 16.8. The number of rotatable bonds is 3. The Morgan fingerprint density at radius 3 is 2.69 bits per heavy atom. The highest BCUT2D eigenvalue weighted by atomic mass is 19.4. The van der Waals surface area contributed by atoms with E-state index in [4.69, 9.17) is 0 Å². The highest BCUT2D eigenvalue weighted by molar-refractivity contribution is 5.81. The van der Waals surface area contributed by atoms with Gasteiger partial charge in [-0.3, -0.25) is 4.40 Å². The Labute approximate surface area is 179 Å².